The fourth-order valence-electron chi connectivity index (χ4n) is 1.26. The molecule has 1 aliphatic rings. The summed E-state index contributed by atoms with van der Waals surface area (Å²) in [6.45, 7) is 2.13. The third-order valence-corrected chi connectivity index (χ3v) is 2.15. The van der Waals surface area contributed by atoms with Gasteiger partial charge in [0.15, 0.2) is 5.78 Å². The maximum Gasteiger partial charge on any atom is 0.260 e. The smallest absolute Gasteiger partial charge is 0.260 e. The highest BCUT2D eigenvalue weighted by molar-refractivity contribution is 6.23. The average Bonchev–Trinajstić information content (AvgIpc) is 2.10. The summed E-state index contributed by atoms with van der Waals surface area (Å²) in [4.78, 5) is 22.0. The number of Topliss-reactive ketones (excluding diaryl/α,β-unsaturated/α-hetero) is 1. The number of carbonyl (C=O) groups excluding carboxylic acids is 2. The van der Waals surface area contributed by atoms with Crippen LogP contribution in [-0.4, -0.2) is 11.7 Å². The van der Waals surface area contributed by atoms with Gasteiger partial charge in [-0.3, -0.25) is 9.59 Å². The maximum absolute atomic E-state index is 11.3. The molecule has 1 heterocycles. The lowest BCUT2D eigenvalue weighted by molar-refractivity contribution is -0.123. The minimum Gasteiger partial charge on any atom is -0.328 e. The van der Waals surface area contributed by atoms with E-state index in [0.717, 1.165) is 19.3 Å². The summed E-state index contributed by atoms with van der Waals surface area (Å²) in [5, 5.41) is 2.42. The number of rotatable bonds is 6. The number of carbonyl (C=O) groups is 2. The van der Waals surface area contributed by atoms with Crippen molar-refractivity contribution in [3.63, 3.8) is 0 Å². The first-order valence-electron chi connectivity index (χ1n) is 4.80. The van der Waals surface area contributed by atoms with Gasteiger partial charge in [0.1, 0.15) is 0 Å². The van der Waals surface area contributed by atoms with Crippen molar-refractivity contribution in [1.29, 1.82) is 0 Å². The predicted octanol–water partition coefficient (Wildman–Crippen LogP) is 1.54. The molecule has 0 radical (unpaired) electrons. The van der Waals surface area contributed by atoms with E-state index in [1.54, 1.807) is 0 Å². The molecule has 0 fully saturated rings. The van der Waals surface area contributed by atoms with E-state index in [-0.39, 0.29) is 11.7 Å². The van der Waals surface area contributed by atoms with Crippen molar-refractivity contribution < 1.29 is 9.59 Å². The summed E-state index contributed by atoms with van der Waals surface area (Å²) in [6, 6.07) is 0. The topological polar surface area (TPSA) is 46.2 Å². The highest BCUT2D eigenvalue weighted by atomic mass is 16.2. The van der Waals surface area contributed by atoms with Gasteiger partial charge in [-0.15, -0.1) is 0 Å². The Morgan fingerprint density at radius 2 is 2.15 bits per heavy atom. The summed E-state index contributed by atoms with van der Waals surface area (Å²) < 4.78 is 0. The van der Waals surface area contributed by atoms with Crippen molar-refractivity contribution in [1.82, 2.24) is 5.32 Å². The average molecular weight is 181 g/mol. The fraction of sp³-hybridized carbons (Fsp3) is 0.600. The largest absolute Gasteiger partial charge is 0.328 e. The SMILES string of the molecule is CCCCCCC(=O)C1=CNC1=O. The lowest BCUT2D eigenvalue weighted by Gasteiger charge is -2.12. The van der Waals surface area contributed by atoms with E-state index < -0.39 is 0 Å². The molecule has 3 nitrogen and oxygen atoms in total. The van der Waals surface area contributed by atoms with Crippen LogP contribution in [0.2, 0.25) is 0 Å². The molecule has 0 aromatic rings. The van der Waals surface area contributed by atoms with Crippen LogP contribution >= 0.6 is 0 Å². The Labute approximate surface area is 78.2 Å². The molecule has 0 aromatic heterocycles. The van der Waals surface area contributed by atoms with Crippen LogP contribution in [-0.2, 0) is 9.59 Å². The molecule has 1 amide bonds. The first-order valence-corrected chi connectivity index (χ1v) is 4.80. The molecule has 0 unspecified atom stereocenters. The molecule has 1 N–H and O–H groups in total. The van der Waals surface area contributed by atoms with Crippen LogP contribution in [0.1, 0.15) is 39.0 Å². The van der Waals surface area contributed by atoms with Gasteiger partial charge in [-0.05, 0) is 6.42 Å². The van der Waals surface area contributed by atoms with Crippen LogP contribution in [0.15, 0.2) is 11.8 Å². The lowest BCUT2D eigenvalue weighted by Crippen LogP contribution is -2.34. The van der Waals surface area contributed by atoms with Gasteiger partial charge < -0.3 is 5.32 Å². The second-order valence-electron chi connectivity index (χ2n) is 3.27. The summed E-state index contributed by atoms with van der Waals surface area (Å²) in [5.74, 6) is -0.236. The standard InChI is InChI=1S/C10H15NO2/c1-2-3-4-5-6-9(12)8-7-11-10(8)13/h7H,2-6H2,1H3,(H,11,13). The molecule has 0 saturated heterocycles. The van der Waals surface area contributed by atoms with Gasteiger partial charge in [-0.1, -0.05) is 26.2 Å². The Balaban J connectivity index is 2.15. The summed E-state index contributed by atoms with van der Waals surface area (Å²) in [6.07, 6.45) is 6.31. The van der Waals surface area contributed by atoms with Crippen LogP contribution in [0.3, 0.4) is 0 Å². The predicted molar refractivity (Wildman–Crippen MR) is 50.0 cm³/mol. The van der Waals surface area contributed by atoms with Gasteiger partial charge >= 0.3 is 0 Å². The van der Waals surface area contributed by atoms with Gasteiger partial charge in [0.25, 0.3) is 5.91 Å². The Morgan fingerprint density at radius 3 is 2.62 bits per heavy atom. The van der Waals surface area contributed by atoms with Gasteiger partial charge in [0, 0.05) is 12.6 Å². The molecule has 0 aliphatic carbocycles. The minimum absolute atomic E-state index is 0.0140. The van der Waals surface area contributed by atoms with Gasteiger partial charge in [-0.25, -0.2) is 0 Å². The number of amides is 1. The fourth-order valence-corrected chi connectivity index (χ4v) is 1.26. The van der Waals surface area contributed by atoms with E-state index in [1.165, 1.54) is 12.6 Å². The van der Waals surface area contributed by atoms with Crippen molar-refractivity contribution in [2.75, 3.05) is 0 Å². The molecule has 0 aromatic carbocycles. The zero-order valence-electron chi connectivity index (χ0n) is 7.93. The Kier molecular flexibility index (Phi) is 3.68. The molecule has 13 heavy (non-hydrogen) atoms. The molecular formula is C10H15NO2. The number of hydrogen-bond donors (Lipinski definition) is 1. The number of nitrogens with one attached hydrogen (secondary N) is 1. The summed E-state index contributed by atoms with van der Waals surface area (Å²) >= 11 is 0. The van der Waals surface area contributed by atoms with Crippen molar-refractivity contribution in [2.45, 2.75) is 39.0 Å². The third-order valence-electron chi connectivity index (χ3n) is 2.15. The first-order chi connectivity index (χ1) is 6.25. The molecule has 0 bridgehead atoms. The number of ketones is 1. The monoisotopic (exact) mass is 181 g/mol. The Bertz CT molecular complexity index is 243. The quantitative estimate of drug-likeness (QED) is 0.499. The van der Waals surface area contributed by atoms with Gasteiger partial charge in [-0.2, -0.15) is 0 Å². The minimum atomic E-state index is -0.222. The Morgan fingerprint density at radius 1 is 1.38 bits per heavy atom. The third kappa shape index (κ3) is 2.68. The highest BCUT2D eigenvalue weighted by Gasteiger charge is 2.23. The molecule has 1 aliphatic heterocycles. The molecule has 0 atom stereocenters. The highest BCUT2D eigenvalue weighted by Crippen LogP contribution is 2.10. The van der Waals surface area contributed by atoms with Crippen molar-refractivity contribution in [3.05, 3.63) is 11.8 Å². The molecule has 0 saturated carbocycles. The number of unbranched alkanes of at least 4 members (excludes halogenated alkanes) is 3. The molecule has 3 heteroatoms. The lowest BCUT2D eigenvalue weighted by atomic mass is 10.0. The van der Waals surface area contributed by atoms with Crippen LogP contribution in [0.4, 0.5) is 0 Å². The molecule has 1 rings (SSSR count). The van der Waals surface area contributed by atoms with Crippen LogP contribution in [0.5, 0.6) is 0 Å². The summed E-state index contributed by atoms with van der Waals surface area (Å²) in [7, 11) is 0. The van der Waals surface area contributed by atoms with Crippen molar-refractivity contribution in [2.24, 2.45) is 0 Å². The van der Waals surface area contributed by atoms with Crippen molar-refractivity contribution in [3.8, 4) is 0 Å². The van der Waals surface area contributed by atoms with Gasteiger partial charge in [0.2, 0.25) is 0 Å². The molecule has 0 spiro atoms. The van der Waals surface area contributed by atoms with E-state index in [1.807, 2.05) is 0 Å². The van der Waals surface area contributed by atoms with Crippen LogP contribution in [0, 0.1) is 0 Å². The molecular weight excluding hydrogens is 166 g/mol. The first kappa shape index (κ1) is 9.96. The zero-order chi connectivity index (χ0) is 9.68. The van der Waals surface area contributed by atoms with Crippen molar-refractivity contribution >= 4 is 11.7 Å². The summed E-state index contributed by atoms with van der Waals surface area (Å²) in [5.41, 5.74) is 0.344. The van der Waals surface area contributed by atoms with Crippen LogP contribution < -0.4 is 5.32 Å². The maximum atomic E-state index is 11.3. The second kappa shape index (κ2) is 4.80. The second-order valence-corrected chi connectivity index (χ2v) is 3.27. The van der Waals surface area contributed by atoms with E-state index in [0.29, 0.717) is 12.0 Å². The van der Waals surface area contributed by atoms with Crippen LogP contribution in [0.25, 0.3) is 0 Å². The molecule has 72 valence electrons. The number of hydrogen-bond acceptors (Lipinski definition) is 2. The van der Waals surface area contributed by atoms with E-state index in [9.17, 15) is 9.59 Å². The zero-order valence-corrected chi connectivity index (χ0v) is 7.93. The van der Waals surface area contributed by atoms with E-state index in [2.05, 4.69) is 12.2 Å². The van der Waals surface area contributed by atoms with Gasteiger partial charge in [0.05, 0.1) is 5.57 Å². The van der Waals surface area contributed by atoms with E-state index in [4.69, 9.17) is 0 Å². The normalized spacial score (nSPS) is 14.5. The van der Waals surface area contributed by atoms with E-state index >= 15 is 0 Å². The Hall–Kier alpha value is -1.12.